The lowest BCUT2D eigenvalue weighted by atomic mass is 9.95. The molecule has 2 aromatic carbocycles. The SMILES string of the molecule is Cc1cc2nc(N3CCC(C(=O)NCC4CCOC4)CC3)n(-c3cc(C)c(F)c(C)c3)c2cc1C. The fourth-order valence-corrected chi connectivity index (χ4v) is 5.31. The number of amides is 1. The number of hydrogen-bond donors (Lipinski definition) is 1. The number of benzene rings is 2. The van der Waals surface area contributed by atoms with Crippen molar-refractivity contribution in [3.63, 3.8) is 0 Å². The fraction of sp³-hybridized carbons (Fsp3) is 0.500. The number of carbonyl (C=O) groups is 1. The molecule has 2 aliphatic rings. The van der Waals surface area contributed by atoms with Crippen molar-refractivity contribution in [2.75, 3.05) is 37.7 Å². The van der Waals surface area contributed by atoms with Crippen molar-refractivity contribution in [2.24, 2.45) is 11.8 Å². The average molecular weight is 479 g/mol. The number of carbonyl (C=O) groups excluding carboxylic acids is 1. The van der Waals surface area contributed by atoms with E-state index in [2.05, 4.69) is 40.8 Å². The third kappa shape index (κ3) is 4.66. The molecule has 0 bridgehead atoms. The monoisotopic (exact) mass is 478 g/mol. The zero-order chi connectivity index (χ0) is 24.7. The van der Waals surface area contributed by atoms with E-state index in [-0.39, 0.29) is 17.6 Å². The van der Waals surface area contributed by atoms with Crippen LogP contribution in [0.25, 0.3) is 16.7 Å². The highest BCUT2D eigenvalue weighted by Gasteiger charge is 2.29. The van der Waals surface area contributed by atoms with Crippen molar-refractivity contribution in [2.45, 2.75) is 47.0 Å². The van der Waals surface area contributed by atoms with Gasteiger partial charge in [-0.1, -0.05) is 0 Å². The van der Waals surface area contributed by atoms with Crippen LogP contribution in [0.15, 0.2) is 24.3 Å². The number of piperidine rings is 1. The predicted octanol–water partition coefficient (Wildman–Crippen LogP) is 4.77. The fourth-order valence-electron chi connectivity index (χ4n) is 5.31. The van der Waals surface area contributed by atoms with E-state index in [1.54, 1.807) is 0 Å². The van der Waals surface area contributed by atoms with E-state index in [1.165, 1.54) is 11.1 Å². The van der Waals surface area contributed by atoms with Crippen LogP contribution in [0.4, 0.5) is 10.3 Å². The van der Waals surface area contributed by atoms with E-state index in [0.29, 0.717) is 23.6 Å². The molecular weight excluding hydrogens is 443 g/mol. The second-order valence-electron chi connectivity index (χ2n) is 10.3. The predicted molar refractivity (Wildman–Crippen MR) is 137 cm³/mol. The maximum Gasteiger partial charge on any atom is 0.223 e. The Labute approximate surface area is 206 Å². The van der Waals surface area contributed by atoms with E-state index in [9.17, 15) is 9.18 Å². The highest BCUT2D eigenvalue weighted by Crippen LogP contribution is 2.33. The number of aromatic nitrogens is 2. The summed E-state index contributed by atoms with van der Waals surface area (Å²) in [4.78, 5) is 20.1. The van der Waals surface area contributed by atoms with Gasteiger partial charge in [-0.2, -0.15) is 0 Å². The summed E-state index contributed by atoms with van der Waals surface area (Å²) in [5, 5.41) is 3.14. The van der Waals surface area contributed by atoms with Gasteiger partial charge in [-0.05, 0) is 93.5 Å². The molecule has 1 amide bonds. The van der Waals surface area contributed by atoms with Gasteiger partial charge in [-0.3, -0.25) is 9.36 Å². The Morgan fingerprint density at radius 3 is 2.37 bits per heavy atom. The van der Waals surface area contributed by atoms with Gasteiger partial charge >= 0.3 is 0 Å². The third-order valence-corrected chi connectivity index (χ3v) is 7.67. The molecule has 5 rings (SSSR count). The van der Waals surface area contributed by atoms with Crippen LogP contribution in [0.1, 0.15) is 41.5 Å². The Balaban J connectivity index is 1.41. The standard InChI is InChI=1S/C28H35FN4O2/c1-17-13-24-25(14-18(17)2)33(23-11-19(3)26(29)20(4)12-23)28(31-24)32-8-5-22(6-9-32)27(34)30-15-21-7-10-35-16-21/h11-14,21-22H,5-10,15-16H2,1-4H3,(H,30,34). The Kier molecular flexibility index (Phi) is 6.53. The Bertz CT molecular complexity index is 1230. The molecule has 1 N–H and O–H groups in total. The highest BCUT2D eigenvalue weighted by molar-refractivity contribution is 5.83. The van der Waals surface area contributed by atoms with Crippen molar-refractivity contribution in [1.29, 1.82) is 0 Å². The molecule has 1 aromatic heterocycles. The number of nitrogens with zero attached hydrogens (tertiary/aromatic N) is 3. The van der Waals surface area contributed by atoms with Crippen molar-refractivity contribution < 1.29 is 13.9 Å². The quantitative estimate of drug-likeness (QED) is 0.574. The molecular formula is C28H35FN4O2. The largest absolute Gasteiger partial charge is 0.381 e. The maximum atomic E-state index is 14.4. The summed E-state index contributed by atoms with van der Waals surface area (Å²) in [5.74, 6) is 1.31. The summed E-state index contributed by atoms with van der Waals surface area (Å²) in [6.45, 7) is 11.6. The molecule has 3 heterocycles. The van der Waals surface area contributed by atoms with E-state index >= 15 is 0 Å². The van der Waals surface area contributed by atoms with E-state index in [4.69, 9.17) is 9.72 Å². The molecule has 1 atom stereocenters. The van der Waals surface area contributed by atoms with Crippen LogP contribution in [0.3, 0.4) is 0 Å². The second-order valence-corrected chi connectivity index (χ2v) is 10.3. The van der Waals surface area contributed by atoms with E-state index in [0.717, 1.165) is 68.2 Å². The summed E-state index contributed by atoms with van der Waals surface area (Å²) in [6.07, 6.45) is 2.60. The van der Waals surface area contributed by atoms with Crippen molar-refractivity contribution in [3.8, 4) is 5.69 Å². The van der Waals surface area contributed by atoms with Gasteiger partial charge in [-0.25, -0.2) is 9.37 Å². The van der Waals surface area contributed by atoms with Gasteiger partial charge in [0.05, 0.1) is 17.6 Å². The number of imidazole rings is 1. The first kappa shape index (κ1) is 23.8. The first-order chi connectivity index (χ1) is 16.8. The summed E-state index contributed by atoms with van der Waals surface area (Å²) in [7, 11) is 0. The van der Waals surface area contributed by atoms with Crippen molar-refractivity contribution >= 4 is 22.9 Å². The van der Waals surface area contributed by atoms with Gasteiger partial charge in [0.2, 0.25) is 11.9 Å². The topological polar surface area (TPSA) is 59.4 Å². The average Bonchev–Trinajstić information content (AvgIpc) is 3.49. The molecule has 2 saturated heterocycles. The molecule has 0 aliphatic carbocycles. The molecule has 35 heavy (non-hydrogen) atoms. The highest BCUT2D eigenvalue weighted by atomic mass is 19.1. The number of nitrogens with one attached hydrogen (secondary N) is 1. The minimum Gasteiger partial charge on any atom is -0.381 e. The summed E-state index contributed by atoms with van der Waals surface area (Å²) in [6, 6.07) is 8.09. The molecule has 0 radical (unpaired) electrons. The van der Waals surface area contributed by atoms with Crippen LogP contribution in [-0.2, 0) is 9.53 Å². The Hall–Kier alpha value is -2.93. The Morgan fingerprint density at radius 1 is 1.03 bits per heavy atom. The van der Waals surface area contributed by atoms with Crippen LogP contribution < -0.4 is 10.2 Å². The van der Waals surface area contributed by atoms with Crippen LogP contribution >= 0.6 is 0 Å². The zero-order valence-electron chi connectivity index (χ0n) is 21.2. The van der Waals surface area contributed by atoms with Gasteiger partial charge in [0.15, 0.2) is 0 Å². The molecule has 6 nitrogen and oxygen atoms in total. The number of hydrogen-bond acceptors (Lipinski definition) is 4. The van der Waals surface area contributed by atoms with Crippen LogP contribution in [-0.4, -0.2) is 48.3 Å². The first-order valence-electron chi connectivity index (χ1n) is 12.7. The number of aryl methyl sites for hydroxylation is 4. The van der Waals surface area contributed by atoms with Gasteiger partial charge < -0.3 is 15.0 Å². The zero-order valence-corrected chi connectivity index (χ0v) is 21.2. The van der Waals surface area contributed by atoms with Gasteiger partial charge in [0, 0.05) is 43.8 Å². The van der Waals surface area contributed by atoms with Crippen LogP contribution in [0.5, 0.6) is 0 Å². The smallest absolute Gasteiger partial charge is 0.223 e. The number of halogens is 1. The number of ether oxygens (including phenoxy) is 1. The molecule has 0 spiro atoms. The summed E-state index contributed by atoms with van der Waals surface area (Å²) >= 11 is 0. The van der Waals surface area contributed by atoms with E-state index in [1.807, 2.05) is 26.0 Å². The second kappa shape index (κ2) is 9.61. The molecule has 0 saturated carbocycles. The number of fused-ring (bicyclic) bond motifs is 1. The molecule has 2 aliphatic heterocycles. The minimum absolute atomic E-state index is 0.0196. The van der Waals surface area contributed by atoms with Crippen LogP contribution in [0, 0.1) is 45.3 Å². The first-order valence-corrected chi connectivity index (χ1v) is 12.7. The number of rotatable bonds is 5. The van der Waals surface area contributed by atoms with E-state index < -0.39 is 0 Å². The maximum absolute atomic E-state index is 14.4. The van der Waals surface area contributed by atoms with Gasteiger partial charge in [0.1, 0.15) is 5.82 Å². The summed E-state index contributed by atoms with van der Waals surface area (Å²) < 4.78 is 22.0. The molecule has 2 fully saturated rings. The lowest BCUT2D eigenvalue weighted by Gasteiger charge is -2.32. The van der Waals surface area contributed by atoms with Gasteiger partial charge in [-0.15, -0.1) is 0 Å². The Morgan fingerprint density at radius 2 is 1.71 bits per heavy atom. The molecule has 1 unspecified atom stereocenters. The van der Waals surface area contributed by atoms with Gasteiger partial charge in [0.25, 0.3) is 0 Å². The molecule has 186 valence electrons. The lowest BCUT2D eigenvalue weighted by Crippen LogP contribution is -2.42. The third-order valence-electron chi connectivity index (χ3n) is 7.67. The molecule has 7 heteroatoms. The minimum atomic E-state index is -0.164. The summed E-state index contributed by atoms with van der Waals surface area (Å²) in [5.41, 5.74) is 6.51. The van der Waals surface area contributed by atoms with Crippen molar-refractivity contribution in [3.05, 3.63) is 52.3 Å². The molecule has 3 aromatic rings. The lowest BCUT2D eigenvalue weighted by molar-refractivity contribution is -0.125. The van der Waals surface area contributed by atoms with Crippen molar-refractivity contribution in [1.82, 2.24) is 14.9 Å². The normalized spacial score (nSPS) is 19.0. The number of anilines is 1. The van der Waals surface area contributed by atoms with Crippen LogP contribution in [0.2, 0.25) is 0 Å².